The van der Waals surface area contributed by atoms with E-state index in [4.69, 9.17) is 0 Å². The van der Waals surface area contributed by atoms with E-state index in [1.807, 2.05) is 11.9 Å². The third-order valence-corrected chi connectivity index (χ3v) is 3.71. The fourth-order valence-electron chi connectivity index (χ4n) is 1.74. The Kier molecular flexibility index (Phi) is 3.56. The molecule has 0 bridgehead atoms. The molecule has 0 heterocycles. The van der Waals surface area contributed by atoms with Crippen LogP contribution in [0, 0.1) is 0 Å². The molecule has 0 aliphatic heterocycles. The van der Waals surface area contributed by atoms with E-state index in [-0.39, 0.29) is 5.91 Å². The summed E-state index contributed by atoms with van der Waals surface area (Å²) in [6, 6.07) is 0.413. The lowest BCUT2D eigenvalue weighted by Crippen LogP contribution is -2.43. The molecule has 0 N–H and O–H groups in total. The van der Waals surface area contributed by atoms with Gasteiger partial charge in [-0.2, -0.15) is 0 Å². The number of rotatable bonds is 1. The summed E-state index contributed by atoms with van der Waals surface area (Å²) < 4.78 is 0. The van der Waals surface area contributed by atoms with Crippen molar-refractivity contribution < 1.29 is 4.79 Å². The fourth-order valence-corrected chi connectivity index (χ4v) is 2.68. The highest BCUT2D eigenvalue weighted by molar-refractivity contribution is 9.09. The van der Waals surface area contributed by atoms with Crippen LogP contribution in [0.25, 0.3) is 0 Å². The molecular weight excluding hydrogens is 218 g/mol. The molecule has 0 radical (unpaired) electrons. The summed E-state index contributed by atoms with van der Waals surface area (Å²) in [4.78, 5) is 13.5. The fraction of sp³-hybridized carbons (Fsp3) is 0.889. The van der Waals surface area contributed by atoms with E-state index in [2.05, 4.69) is 15.9 Å². The maximum absolute atomic E-state index is 11.1. The highest BCUT2D eigenvalue weighted by Crippen LogP contribution is 2.27. The second-order valence-corrected chi connectivity index (χ2v) is 4.67. The van der Waals surface area contributed by atoms with Gasteiger partial charge in [-0.1, -0.05) is 28.8 Å². The van der Waals surface area contributed by atoms with Crippen LogP contribution < -0.4 is 0 Å². The molecule has 70 valence electrons. The summed E-state index contributed by atoms with van der Waals surface area (Å²) in [6.45, 7) is 1.63. The van der Waals surface area contributed by atoms with Gasteiger partial charge < -0.3 is 4.90 Å². The van der Waals surface area contributed by atoms with Crippen molar-refractivity contribution in [2.75, 3.05) is 7.05 Å². The smallest absolute Gasteiger partial charge is 0.219 e. The maximum atomic E-state index is 11.1. The lowest BCUT2D eigenvalue weighted by molar-refractivity contribution is -0.129. The first-order valence-electron chi connectivity index (χ1n) is 4.50. The summed E-state index contributed by atoms with van der Waals surface area (Å²) in [5.74, 6) is 0.173. The molecule has 12 heavy (non-hydrogen) atoms. The Hall–Kier alpha value is -0.0500. The van der Waals surface area contributed by atoms with Crippen molar-refractivity contribution in [3.8, 4) is 0 Å². The average molecular weight is 234 g/mol. The van der Waals surface area contributed by atoms with E-state index in [1.165, 1.54) is 19.3 Å². The first-order valence-corrected chi connectivity index (χ1v) is 5.42. The largest absolute Gasteiger partial charge is 0.342 e. The summed E-state index contributed by atoms with van der Waals surface area (Å²) >= 11 is 3.63. The number of amides is 1. The Labute approximate surface area is 82.4 Å². The monoisotopic (exact) mass is 233 g/mol. The molecule has 2 atom stereocenters. The number of halogens is 1. The van der Waals surface area contributed by atoms with Crippen molar-refractivity contribution in [1.82, 2.24) is 4.90 Å². The van der Waals surface area contributed by atoms with Crippen LogP contribution in [-0.4, -0.2) is 28.7 Å². The molecule has 1 saturated carbocycles. The third kappa shape index (κ3) is 2.22. The zero-order chi connectivity index (χ0) is 9.14. The molecule has 1 amide bonds. The lowest BCUT2D eigenvalue weighted by atomic mass is 9.94. The minimum Gasteiger partial charge on any atom is -0.342 e. The topological polar surface area (TPSA) is 20.3 Å². The van der Waals surface area contributed by atoms with Gasteiger partial charge in [-0.05, 0) is 12.8 Å². The molecule has 0 aromatic carbocycles. The standard InChI is InChI=1S/C9H16BrNO/c1-7(12)11(2)9-6-4-3-5-8(9)10/h8-9H,3-6H2,1-2H3. The van der Waals surface area contributed by atoms with Crippen molar-refractivity contribution in [2.24, 2.45) is 0 Å². The molecule has 0 aromatic rings. The third-order valence-electron chi connectivity index (χ3n) is 2.64. The Bertz CT molecular complexity index is 172. The van der Waals surface area contributed by atoms with E-state index in [1.54, 1.807) is 6.92 Å². The van der Waals surface area contributed by atoms with E-state index in [0.717, 1.165) is 6.42 Å². The zero-order valence-electron chi connectivity index (χ0n) is 7.72. The lowest BCUT2D eigenvalue weighted by Gasteiger charge is -2.34. The van der Waals surface area contributed by atoms with Crippen molar-refractivity contribution >= 4 is 21.8 Å². The number of hydrogen-bond donors (Lipinski definition) is 0. The van der Waals surface area contributed by atoms with Crippen LogP contribution in [0.4, 0.5) is 0 Å². The SMILES string of the molecule is CC(=O)N(C)C1CCCCC1Br. The van der Waals surface area contributed by atoms with Gasteiger partial charge in [-0.25, -0.2) is 0 Å². The van der Waals surface area contributed by atoms with Crippen LogP contribution in [-0.2, 0) is 4.79 Å². The molecule has 1 rings (SSSR count). The van der Waals surface area contributed by atoms with Gasteiger partial charge in [0, 0.05) is 24.8 Å². The van der Waals surface area contributed by atoms with E-state index >= 15 is 0 Å². The number of carbonyl (C=O) groups is 1. The Morgan fingerprint density at radius 1 is 1.42 bits per heavy atom. The molecule has 1 fully saturated rings. The predicted molar refractivity (Wildman–Crippen MR) is 53.4 cm³/mol. The van der Waals surface area contributed by atoms with Gasteiger partial charge in [0.15, 0.2) is 0 Å². The van der Waals surface area contributed by atoms with Crippen molar-refractivity contribution in [3.05, 3.63) is 0 Å². The van der Waals surface area contributed by atoms with Gasteiger partial charge in [-0.15, -0.1) is 0 Å². The van der Waals surface area contributed by atoms with E-state index < -0.39 is 0 Å². The molecular formula is C9H16BrNO. The number of nitrogens with zero attached hydrogens (tertiary/aromatic N) is 1. The summed E-state index contributed by atoms with van der Waals surface area (Å²) in [5.41, 5.74) is 0. The highest BCUT2D eigenvalue weighted by atomic mass is 79.9. The van der Waals surface area contributed by atoms with E-state index in [9.17, 15) is 4.79 Å². The van der Waals surface area contributed by atoms with Crippen molar-refractivity contribution in [1.29, 1.82) is 0 Å². The second kappa shape index (κ2) is 4.26. The molecule has 3 heteroatoms. The molecule has 0 aromatic heterocycles. The second-order valence-electron chi connectivity index (χ2n) is 3.50. The summed E-state index contributed by atoms with van der Waals surface area (Å²) in [5, 5.41) is 0. The average Bonchev–Trinajstić information content (AvgIpc) is 2.04. The maximum Gasteiger partial charge on any atom is 0.219 e. The summed E-state index contributed by atoms with van der Waals surface area (Å²) in [6.07, 6.45) is 4.89. The normalized spacial score (nSPS) is 29.9. The van der Waals surface area contributed by atoms with Crippen molar-refractivity contribution in [2.45, 2.75) is 43.5 Å². The predicted octanol–water partition coefficient (Wildman–Crippen LogP) is 2.17. The first-order chi connectivity index (χ1) is 5.63. The molecule has 1 aliphatic carbocycles. The zero-order valence-corrected chi connectivity index (χ0v) is 9.30. The quantitative estimate of drug-likeness (QED) is 0.637. The van der Waals surface area contributed by atoms with Gasteiger partial charge in [0.05, 0.1) is 0 Å². The molecule has 2 unspecified atom stereocenters. The summed E-state index contributed by atoms with van der Waals surface area (Å²) in [7, 11) is 1.90. The molecule has 1 aliphatic rings. The van der Waals surface area contributed by atoms with Crippen molar-refractivity contribution in [3.63, 3.8) is 0 Å². The minimum absolute atomic E-state index is 0.173. The Balaban J connectivity index is 2.53. The highest BCUT2D eigenvalue weighted by Gasteiger charge is 2.27. The van der Waals surface area contributed by atoms with Crippen LogP contribution in [0.2, 0.25) is 0 Å². The Morgan fingerprint density at radius 3 is 2.50 bits per heavy atom. The van der Waals surface area contributed by atoms with Crippen LogP contribution in [0.3, 0.4) is 0 Å². The minimum atomic E-state index is 0.173. The van der Waals surface area contributed by atoms with Gasteiger partial charge in [0.1, 0.15) is 0 Å². The van der Waals surface area contributed by atoms with Gasteiger partial charge >= 0.3 is 0 Å². The number of carbonyl (C=O) groups excluding carboxylic acids is 1. The molecule has 0 saturated heterocycles. The first kappa shape index (κ1) is 10.0. The van der Waals surface area contributed by atoms with Crippen LogP contribution in [0.1, 0.15) is 32.6 Å². The number of alkyl halides is 1. The van der Waals surface area contributed by atoms with Gasteiger partial charge in [-0.3, -0.25) is 4.79 Å². The molecule has 0 spiro atoms. The molecule has 2 nitrogen and oxygen atoms in total. The van der Waals surface area contributed by atoms with Crippen LogP contribution in [0.15, 0.2) is 0 Å². The van der Waals surface area contributed by atoms with Crippen LogP contribution in [0.5, 0.6) is 0 Å². The van der Waals surface area contributed by atoms with Crippen LogP contribution >= 0.6 is 15.9 Å². The number of hydrogen-bond acceptors (Lipinski definition) is 1. The van der Waals surface area contributed by atoms with Gasteiger partial charge in [0.25, 0.3) is 0 Å². The van der Waals surface area contributed by atoms with E-state index in [0.29, 0.717) is 10.9 Å². The van der Waals surface area contributed by atoms with Gasteiger partial charge in [0.2, 0.25) is 5.91 Å². The Morgan fingerprint density at radius 2 is 2.00 bits per heavy atom.